The first-order valence-corrected chi connectivity index (χ1v) is 13.9. The number of ether oxygens (including phenoxy) is 1. The predicted octanol–water partition coefficient (Wildman–Crippen LogP) is 5.30. The molecule has 1 fully saturated rings. The fourth-order valence-corrected chi connectivity index (χ4v) is 4.66. The molecule has 3 aromatic carbocycles. The number of fused-ring (bicyclic) bond motifs is 1. The molecular weight excluding hydrogens is 532 g/mol. The quantitative estimate of drug-likeness (QED) is 0.237. The number of carbonyl (C=O) groups is 3. The van der Waals surface area contributed by atoms with Gasteiger partial charge in [0, 0.05) is 47.1 Å². The van der Waals surface area contributed by atoms with E-state index in [1.54, 1.807) is 54.6 Å². The van der Waals surface area contributed by atoms with Crippen molar-refractivity contribution in [2.75, 3.05) is 43.2 Å². The average Bonchev–Trinajstić information content (AvgIpc) is 3.36. The maximum absolute atomic E-state index is 13.1. The lowest BCUT2D eigenvalue weighted by Crippen LogP contribution is -2.19. The summed E-state index contributed by atoms with van der Waals surface area (Å²) in [6.45, 7) is 1.36. The van der Waals surface area contributed by atoms with Gasteiger partial charge in [-0.3, -0.25) is 14.4 Å². The number of anilines is 3. The molecule has 216 valence electrons. The lowest BCUT2D eigenvalue weighted by atomic mass is 10.1. The lowest BCUT2D eigenvalue weighted by Gasteiger charge is -2.23. The summed E-state index contributed by atoms with van der Waals surface area (Å²) >= 11 is 0. The fraction of sp³-hybridized carbons (Fsp3) is 0.250. The normalized spacial score (nSPS) is 15.2. The fourth-order valence-electron chi connectivity index (χ4n) is 4.66. The van der Waals surface area contributed by atoms with E-state index in [4.69, 9.17) is 4.74 Å². The van der Waals surface area contributed by atoms with Crippen molar-refractivity contribution in [2.45, 2.75) is 25.5 Å². The predicted molar refractivity (Wildman–Crippen MR) is 164 cm³/mol. The first-order valence-electron chi connectivity index (χ1n) is 13.9. The number of hydrogen-bond donors (Lipinski definition) is 3. The Kier molecular flexibility index (Phi) is 9.05. The second-order valence-electron chi connectivity index (χ2n) is 10.3. The van der Waals surface area contributed by atoms with Crippen LogP contribution in [-0.4, -0.2) is 59.6 Å². The van der Waals surface area contributed by atoms with E-state index < -0.39 is 0 Å². The summed E-state index contributed by atoms with van der Waals surface area (Å²) in [6, 6.07) is 21.0. The van der Waals surface area contributed by atoms with Gasteiger partial charge in [-0.25, -0.2) is 4.68 Å². The molecular formula is C32H34N6O4. The number of likely N-dealkylation sites (N-methyl/N-ethyl adjacent to an activating group) is 1. The standard InChI is InChI=1S/C32H34N6O4/c1-37(2)20-7-10-28(39)33-24-16-12-22(13-17-24)31(40)34-25-18-14-23(15-19-25)32(41)35-30-26-8-3-4-9-27(26)38(36-30)29-11-5-6-21-42-29/h3-4,7-10,12-19,29H,5-6,11,20-21H2,1-2H3,(H,33,39)(H,34,40)(H,35,36,41)/b10-7+. The summed E-state index contributed by atoms with van der Waals surface area (Å²) < 4.78 is 7.78. The van der Waals surface area contributed by atoms with Crippen LogP contribution in [0, 0.1) is 0 Å². The van der Waals surface area contributed by atoms with Crippen LogP contribution in [0.4, 0.5) is 17.2 Å². The molecule has 1 aliphatic rings. The SMILES string of the molecule is CN(C)C/C=C/C(=O)Nc1ccc(C(=O)Nc2ccc(C(=O)Nc3nn(C4CCCCO4)c4ccccc34)cc2)cc1. The number of aromatic nitrogens is 2. The van der Waals surface area contributed by atoms with Crippen LogP contribution in [0.15, 0.2) is 84.9 Å². The third-order valence-corrected chi connectivity index (χ3v) is 6.83. The van der Waals surface area contributed by atoms with Crippen LogP contribution in [0.1, 0.15) is 46.2 Å². The average molecular weight is 567 g/mol. The van der Waals surface area contributed by atoms with Crippen molar-refractivity contribution >= 4 is 45.8 Å². The molecule has 10 nitrogen and oxygen atoms in total. The highest BCUT2D eigenvalue weighted by atomic mass is 16.5. The van der Waals surface area contributed by atoms with Crippen LogP contribution in [0.5, 0.6) is 0 Å². The topological polar surface area (TPSA) is 118 Å². The maximum Gasteiger partial charge on any atom is 0.256 e. The Hall–Kier alpha value is -4.80. The zero-order valence-corrected chi connectivity index (χ0v) is 23.7. The highest BCUT2D eigenvalue weighted by Crippen LogP contribution is 2.30. The van der Waals surface area contributed by atoms with Crippen LogP contribution in [0.25, 0.3) is 10.9 Å². The number of nitrogens with zero attached hydrogens (tertiary/aromatic N) is 3. The van der Waals surface area contributed by atoms with E-state index in [0.29, 0.717) is 41.5 Å². The minimum Gasteiger partial charge on any atom is -0.356 e. The van der Waals surface area contributed by atoms with Crippen molar-refractivity contribution in [2.24, 2.45) is 0 Å². The van der Waals surface area contributed by atoms with Gasteiger partial charge in [-0.05, 0) is 94.0 Å². The number of carbonyl (C=O) groups excluding carboxylic acids is 3. The van der Waals surface area contributed by atoms with Crippen molar-refractivity contribution in [3.05, 3.63) is 96.1 Å². The van der Waals surface area contributed by atoms with Gasteiger partial charge in [-0.2, -0.15) is 5.10 Å². The Bertz CT molecular complexity index is 1590. The molecule has 0 saturated carbocycles. The van der Waals surface area contributed by atoms with Gasteiger partial charge < -0.3 is 25.6 Å². The van der Waals surface area contributed by atoms with Crippen molar-refractivity contribution < 1.29 is 19.1 Å². The third kappa shape index (κ3) is 7.09. The van der Waals surface area contributed by atoms with Gasteiger partial charge in [0.15, 0.2) is 12.0 Å². The summed E-state index contributed by atoms with van der Waals surface area (Å²) in [5.74, 6) is -0.371. The van der Waals surface area contributed by atoms with Crippen molar-refractivity contribution in [3.63, 3.8) is 0 Å². The molecule has 1 saturated heterocycles. The molecule has 1 aliphatic heterocycles. The van der Waals surface area contributed by atoms with Crippen molar-refractivity contribution in [1.82, 2.24) is 14.7 Å². The van der Waals surface area contributed by atoms with E-state index in [0.717, 1.165) is 30.2 Å². The second kappa shape index (κ2) is 13.2. The van der Waals surface area contributed by atoms with E-state index in [1.807, 2.05) is 47.9 Å². The van der Waals surface area contributed by atoms with Gasteiger partial charge in [0.05, 0.1) is 5.52 Å². The maximum atomic E-state index is 13.1. The Morgan fingerprint density at radius 1 is 0.881 bits per heavy atom. The molecule has 10 heteroatoms. The van der Waals surface area contributed by atoms with Crippen molar-refractivity contribution in [3.8, 4) is 0 Å². The number of rotatable bonds is 9. The molecule has 0 aliphatic carbocycles. The lowest BCUT2D eigenvalue weighted by molar-refractivity contribution is -0.111. The number of hydrogen-bond acceptors (Lipinski definition) is 6. The van der Waals surface area contributed by atoms with Crippen LogP contribution in [0.3, 0.4) is 0 Å². The summed E-state index contributed by atoms with van der Waals surface area (Å²) in [4.78, 5) is 39.8. The van der Waals surface area contributed by atoms with Gasteiger partial charge in [-0.1, -0.05) is 18.2 Å². The van der Waals surface area contributed by atoms with Gasteiger partial charge in [-0.15, -0.1) is 0 Å². The zero-order chi connectivity index (χ0) is 29.5. The number of nitrogens with one attached hydrogen (secondary N) is 3. The first-order chi connectivity index (χ1) is 20.4. The Balaban J connectivity index is 1.19. The van der Waals surface area contributed by atoms with E-state index in [9.17, 15) is 14.4 Å². The van der Waals surface area contributed by atoms with E-state index in [-0.39, 0.29) is 23.9 Å². The van der Waals surface area contributed by atoms with Crippen LogP contribution >= 0.6 is 0 Å². The van der Waals surface area contributed by atoms with Gasteiger partial charge in [0.25, 0.3) is 11.8 Å². The molecule has 0 bridgehead atoms. The largest absolute Gasteiger partial charge is 0.356 e. The van der Waals surface area contributed by atoms with Crippen LogP contribution in [-0.2, 0) is 9.53 Å². The molecule has 42 heavy (non-hydrogen) atoms. The molecule has 0 spiro atoms. The summed E-state index contributed by atoms with van der Waals surface area (Å²) in [7, 11) is 3.84. The molecule has 1 unspecified atom stereocenters. The molecule has 3 amide bonds. The first kappa shape index (κ1) is 28.7. The molecule has 0 radical (unpaired) electrons. The van der Waals surface area contributed by atoms with Gasteiger partial charge in [0.1, 0.15) is 0 Å². The monoisotopic (exact) mass is 566 g/mol. The number of benzene rings is 3. The molecule has 2 heterocycles. The second-order valence-corrected chi connectivity index (χ2v) is 10.3. The van der Waals surface area contributed by atoms with E-state index >= 15 is 0 Å². The van der Waals surface area contributed by atoms with Crippen LogP contribution < -0.4 is 16.0 Å². The minimum absolute atomic E-state index is 0.151. The summed E-state index contributed by atoms with van der Waals surface area (Å²) in [6.07, 6.45) is 6.09. The Labute approximate surface area is 244 Å². The number of para-hydroxylation sites is 1. The molecule has 3 N–H and O–H groups in total. The highest BCUT2D eigenvalue weighted by Gasteiger charge is 2.22. The van der Waals surface area contributed by atoms with E-state index in [1.165, 1.54) is 6.08 Å². The molecule has 1 atom stereocenters. The smallest absolute Gasteiger partial charge is 0.256 e. The highest BCUT2D eigenvalue weighted by molar-refractivity contribution is 6.09. The summed E-state index contributed by atoms with van der Waals surface area (Å²) in [5, 5.41) is 14.1. The van der Waals surface area contributed by atoms with Crippen molar-refractivity contribution in [1.29, 1.82) is 0 Å². The minimum atomic E-state index is -0.308. The van der Waals surface area contributed by atoms with Gasteiger partial charge >= 0.3 is 0 Å². The molecule has 4 aromatic rings. The third-order valence-electron chi connectivity index (χ3n) is 6.83. The van der Waals surface area contributed by atoms with Gasteiger partial charge in [0.2, 0.25) is 5.91 Å². The molecule has 1 aromatic heterocycles. The molecule has 5 rings (SSSR count). The van der Waals surface area contributed by atoms with Crippen LogP contribution in [0.2, 0.25) is 0 Å². The van der Waals surface area contributed by atoms with E-state index in [2.05, 4.69) is 21.0 Å². The summed E-state index contributed by atoms with van der Waals surface area (Å²) in [5.41, 5.74) is 2.90. The Morgan fingerprint density at radius 2 is 1.52 bits per heavy atom. The zero-order valence-electron chi connectivity index (χ0n) is 23.7. The number of amides is 3. The Morgan fingerprint density at radius 3 is 2.17 bits per heavy atom.